The second-order valence-corrected chi connectivity index (χ2v) is 5.60. The van der Waals surface area contributed by atoms with E-state index in [0.29, 0.717) is 0 Å². The van der Waals surface area contributed by atoms with Crippen molar-refractivity contribution in [2.75, 3.05) is 0 Å². The standard InChI is InChI=1S/C18H15N3O.ClH.H2O/c1-11-7-8-21-12(2)18(20-16(21)9-11)14-3-5-15-13(10-14)4-6-17(22)19-15;;/h3-10H,1-2H3,(H,19,22);1H;1H2. The lowest BCUT2D eigenvalue weighted by Crippen LogP contribution is -2.02. The van der Waals surface area contributed by atoms with E-state index in [1.807, 2.05) is 18.2 Å². The topological polar surface area (TPSA) is 81.7 Å². The van der Waals surface area contributed by atoms with Crippen molar-refractivity contribution in [1.29, 1.82) is 0 Å². The van der Waals surface area contributed by atoms with Gasteiger partial charge in [0.15, 0.2) is 0 Å². The quantitative estimate of drug-likeness (QED) is 0.576. The molecule has 3 N–H and O–H groups in total. The van der Waals surface area contributed by atoms with Crippen LogP contribution in [-0.2, 0) is 0 Å². The molecule has 0 unspecified atom stereocenters. The van der Waals surface area contributed by atoms with E-state index in [-0.39, 0.29) is 23.4 Å². The first-order valence-electron chi connectivity index (χ1n) is 7.20. The minimum atomic E-state index is -0.0837. The molecule has 0 aliphatic rings. The molecule has 0 saturated heterocycles. The van der Waals surface area contributed by atoms with Crippen LogP contribution in [0.5, 0.6) is 0 Å². The molecule has 3 heterocycles. The number of imidazole rings is 1. The molecule has 0 spiro atoms. The molecule has 6 heteroatoms. The number of hydrogen-bond donors (Lipinski definition) is 1. The Kier molecular flexibility index (Phi) is 4.78. The summed E-state index contributed by atoms with van der Waals surface area (Å²) in [6, 6.07) is 13.5. The Labute approximate surface area is 144 Å². The normalized spacial score (nSPS) is 10.4. The number of fused-ring (bicyclic) bond motifs is 2. The Bertz CT molecular complexity index is 1080. The molecule has 0 fully saturated rings. The smallest absolute Gasteiger partial charge is 0.248 e. The zero-order valence-electron chi connectivity index (χ0n) is 13.3. The van der Waals surface area contributed by atoms with Gasteiger partial charge in [0, 0.05) is 29.0 Å². The molecule has 124 valence electrons. The highest BCUT2D eigenvalue weighted by Crippen LogP contribution is 2.26. The predicted octanol–water partition coefficient (Wildman–Crippen LogP) is 3.06. The monoisotopic (exact) mass is 343 g/mol. The summed E-state index contributed by atoms with van der Waals surface area (Å²) < 4.78 is 2.10. The summed E-state index contributed by atoms with van der Waals surface area (Å²) in [5, 5.41) is 1.00. The first kappa shape index (κ1) is 17.7. The van der Waals surface area contributed by atoms with Crippen LogP contribution in [-0.4, -0.2) is 19.8 Å². The lowest BCUT2D eigenvalue weighted by atomic mass is 10.1. The molecule has 3 aromatic heterocycles. The number of aryl methyl sites for hydroxylation is 2. The summed E-state index contributed by atoms with van der Waals surface area (Å²) in [7, 11) is 0. The molecule has 0 aliphatic carbocycles. The summed E-state index contributed by atoms with van der Waals surface area (Å²) >= 11 is 0. The summed E-state index contributed by atoms with van der Waals surface area (Å²) in [5.41, 5.74) is 6.04. The summed E-state index contributed by atoms with van der Waals surface area (Å²) in [5.74, 6) is 0. The van der Waals surface area contributed by atoms with E-state index < -0.39 is 0 Å². The zero-order chi connectivity index (χ0) is 15.3. The first-order valence-corrected chi connectivity index (χ1v) is 7.20. The van der Waals surface area contributed by atoms with Crippen LogP contribution in [0, 0.1) is 13.8 Å². The molecule has 0 aliphatic heterocycles. The van der Waals surface area contributed by atoms with Gasteiger partial charge in [-0.15, -0.1) is 12.4 Å². The second-order valence-electron chi connectivity index (χ2n) is 5.60. The highest BCUT2D eigenvalue weighted by molar-refractivity contribution is 5.85. The van der Waals surface area contributed by atoms with Crippen molar-refractivity contribution in [3.05, 3.63) is 70.3 Å². The average molecular weight is 344 g/mol. The van der Waals surface area contributed by atoms with Gasteiger partial charge in [-0.3, -0.25) is 4.79 Å². The van der Waals surface area contributed by atoms with Gasteiger partial charge in [-0.2, -0.15) is 0 Å². The van der Waals surface area contributed by atoms with E-state index in [1.54, 1.807) is 6.07 Å². The third kappa shape index (κ3) is 2.79. The third-order valence-electron chi connectivity index (χ3n) is 4.02. The fourth-order valence-corrected chi connectivity index (χ4v) is 2.84. The van der Waals surface area contributed by atoms with Crippen LogP contribution < -0.4 is 5.56 Å². The lowest BCUT2D eigenvalue weighted by molar-refractivity contribution is 0.824. The van der Waals surface area contributed by atoms with Crippen LogP contribution in [0.4, 0.5) is 0 Å². The molecule has 4 rings (SSSR count). The summed E-state index contributed by atoms with van der Waals surface area (Å²) in [6.45, 7) is 4.14. The van der Waals surface area contributed by atoms with E-state index in [2.05, 4.69) is 47.6 Å². The van der Waals surface area contributed by atoms with Crippen molar-refractivity contribution in [2.45, 2.75) is 13.8 Å². The second kappa shape index (κ2) is 6.47. The zero-order valence-corrected chi connectivity index (χ0v) is 14.1. The van der Waals surface area contributed by atoms with Gasteiger partial charge in [0.25, 0.3) is 0 Å². The lowest BCUT2D eigenvalue weighted by Gasteiger charge is -2.02. The molecule has 1 aromatic carbocycles. The maximum Gasteiger partial charge on any atom is 0.248 e. The number of nitrogens with one attached hydrogen (secondary N) is 1. The maximum atomic E-state index is 11.4. The summed E-state index contributed by atoms with van der Waals surface area (Å²) in [6.07, 6.45) is 2.05. The van der Waals surface area contributed by atoms with Crippen LogP contribution in [0.15, 0.2) is 53.5 Å². The van der Waals surface area contributed by atoms with Crippen molar-refractivity contribution in [2.24, 2.45) is 0 Å². The average Bonchev–Trinajstić information content (AvgIpc) is 2.83. The Hall–Kier alpha value is -2.63. The largest absolute Gasteiger partial charge is 0.412 e. The van der Waals surface area contributed by atoms with Gasteiger partial charge in [0.1, 0.15) is 5.65 Å². The van der Waals surface area contributed by atoms with Gasteiger partial charge in [-0.05, 0) is 55.1 Å². The first-order chi connectivity index (χ1) is 10.6. The van der Waals surface area contributed by atoms with Gasteiger partial charge in [0.05, 0.1) is 5.69 Å². The highest BCUT2D eigenvalue weighted by atomic mass is 35.5. The highest BCUT2D eigenvalue weighted by Gasteiger charge is 2.11. The van der Waals surface area contributed by atoms with Crippen molar-refractivity contribution >= 4 is 29.0 Å². The van der Waals surface area contributed by atoms with Gasteiger partial charge in [0.2, 0.25) is 5.56 Å². The molecule has 4 aromatic rings. The van der Waals surface area contributed by atoms with Crippen molar-refractivity contribution in [3.8, 4) is 11.3 Å². The molecule has 0 radical (unpaired) electrons. The fourth-order valence-electron chi connectivity index (χ4n) is 2.84. The van der Waals surface area contributed by atoms with Crippen molar-refractivity contribution in [3.63, 3.8) is 0 Å². The number of halogens is 1. The summed E-state index contributed by atoms with van der Waals surface area (Å²) in [4.78, 5) is 19.0. The number of pyridine rings is 2. The number of aromatic nitrogens is 3. The Morgan fingerprint density at radius 3 is 2.62 bits per heavy atom. The van der Waals surface area contributed by atoms with E-state index in [0.717, 1.165) is 33.5 Å². The number of aromatic amines is 1. The van der Waals surface area contributed by atoms with Gasteiger partial charge in [-0.1, -0.05) is 6.07 Å². The molecular formula is C18H18ClN3O2. The molecule has 0 amide bonds. The molecular weight excluding hydrogens is 326 g/mol. The van der Waals surface area contributed by atoms with Crippen LogP contribution >= 0.6 is 12.4 Å². The van der Waals surface area contributed by atoms with Crippen molar-refractivity contribution < 1.29 is 5.48 Å². The third-order valence-corrected chi connectivity index (χ3v) is 4.02. The van der Waals surface area contributed by atoms with Gasteiger partial charge in [-0.25, -0.2) is 4.98 Å². The Morgan fingerprint density at radius 2 is 1.83 bits per heavy atom. The molecule has 5 nitrogen and oxygen atoms in total. The number of hydrogen-bond acceptors (Lipinski definition) is 2. The number of H-pyrrole nitrogens is 1. The number of nitrogens with zero attached hydrogens (tertiary/aromatic N) is 2. The van der Waals surface area contributed by atoms with Crippen LogP contribution in [0.2, 0.25) is 0 Å². The van der Waals surface area contributed by atoms with E-state index in [1.165, 1.54) is 5.56 Å². The Morgan fingerprint density at radius 1 is 1.04 bits per heavy atom. The molecule has 24 heavy (non-hydrogen) atoms. The predicted molar refractivity (Wildman–Crippen MR) is 99.1 cm³/mol. The molecule has 0 bridgehead atoms. The van der Waals surface area contributed by atoms with Crippen LogP contribution in [0.1, 0.15) is 11.3 Å². The van der Waals surface area contributed by atoms with E-state index in [4.69, 9.17) is 4.98 Å². The van der Waals surface area contributed by atoms with Gasteiger partial charge < -0.3 is 14.9 Å². The molecule has 0 atom stereocenters. The van der Waals surface area contributed by atoms with Crippen molar-refractivity contribution in [1.82, 2.24) is 14.4 Å². The number of benzene rings is 1. The van der Waals surface area contributed by atoms with E-state index >= 15 is 0 Å². The minimum absolute atomic E-state index is 0. The van der Waals surface area contributed by atoms with Crippen LogP contribution in [0.25, 0.3) is 27.8 Å². The maximum absolute atomic E-state index is 11.4. The fraction of sp³-hybridized carbons (Fsp3) is 0.111. The van der Waals surface area contributed by atoms with Gasteiger partial charge >= 0.3 is 0 Å². The molecule has 0 saturated carbocycles. The van der Waals surface area contributed by atoms with E-state index in [9.17, 15) is 4.79 Å². The Balaban J connectivity index is 0.00000104. The number of rotatable bonds is 1. The minimum Gasteiger partial charge on any atom is -0.412 e. The van der Waals surface area contributed by atoms with Crippen LogP contribution in [0.3, 0.4) is 0 Å². The SMILES string of the molecule is Cc1ccn2c(C)c(-c3ccc4[nH]c(=O)ccc4c3)nc2c1.Cl.O.